The van der Waals surface area contributed by atoms with E-state index in [0.29, 0.717) is 11.2 Å². The zero-order chi connectivity index (χ0) is 17.6. The number of aromatic nitrogens is 5. The molecule has 0 aliphatic carbocycles. The smallest absolute Gasteiger partial charge is 0.259 e. The average Bonchev–Trinajstić information content (AvgIpc) is 3.27. The Morgan fingerprint density at radius 2 is 2.16 bits per heavy atom. The second-order valence-corrected chi connectivity index (χ2v) is 6.76. The van der Waals surface area contributed by atoms with Gasteiger partial charge in [-0.3, -0.25) is 9.48 Å². The molecule has 0 N–H and O–H groups in total. The highest BCUT2D eigenvalue weighted by atomic mass is 16.2. The van der Waals surface area contributed by atoms with Gasteiger partial charge >= 0.3 is 0 Å². The molecule has 1 saturated heterocycles. The van der Waals surface area contributed by atoms with E-state index in [4.69, 9.17) is 0 Å². The maximum atomic E-state index is 13.3. The summed E-state index contributed by atoms with van der Waals surface area (Å²) in [6.45, 7) is 7.31. The van der Waals surface area contributed by atoms with Crippen LogP contribution in [-0.2, 0) is 6.54 Å². The predicted octanol–water partition coefficient (Wildman–Crippen LogP) is 2.16. The molecule has 3 aromatic heterocycles. The molecule has 7 nitrogen and oxygen atoms in total. The van der Waals surface area contributed by atoms with Gasteiger partial charge in [-0.25, -0.2) is 9.50 Å². The van der Waals surface area contributed by atoms with Crippen molar-refractivity contribution >= 4 is 11.6 Å². The summed E-state index contributed by atoms with van der Waals surface area (Å²) >= 11 is 0. The first-order chi connectivity index (χ1) is 12.0. The van der Waals surface area contributed by atoms with Gasteiger partial charge in [-0.2, -0.15) is 10.2 Å². The molecule has 0 saturated carbocycles. The summed E-state index contributed by atoms with van der Waals surface area (Å²) < 4.78 is 3.67. The Hall–Kier alpha value is -2.70. The molecule has 4 heterocycles. The third kappa shape index (κ3) is 2.69. The summed E-state index contributed by atoms with van der Waals surface area (Å²) in [5.41, 5.74) is 3.90. The Balaban J connectivity index is 1.70. The topological polar surface area (TPSA) is 68.3 Å². The van der Waals surface area contributed by atoms with Crippen molar-refractivity contribution in [2.75, 3.05) is 6.54 Å². The Morgan fingerprint density at radius 1 is 1.32 bits per heavy atom. The molecular formula is C18H22N6O. The van der Waals surface area contributed by atoms with Crippen molar-refractivity contribution in [3.8, 4) is 0 Å². The lowest BCUT2D eigenvalue weighted by molar-refractivity contribution is 0.0722. The van der Waals surface area contributed by atoms with Crippen LogP contribution in [0.25, 0.3) is 5.65 Å². The van der Waals surface area contributed by atoms with Gasteiger partial charge in [-0.1, -0.05) is 0 Å². The SMILES string of the molecule is Cc1cc(C)n2nc(C)c(C(=O)N3CCC[C@H]3Cn3cccn3)c2n1. The molecule has 25 heavy (non-hydrogen) atoms. The lowest BCUT2D eigenvalue weighted by Gasteiger charge is -2.24. The molecule has 0 unspecified atom stereocenters. The van der Waals surface area contributed by atoms with Crippen molar-refractivity contribution in [3.63, 3.8) is 0 Å². The molecular weight excluding hydrogens is 316 g/mol. The molecule has 1 fully saturated rings. The first-order valence-electron chi connectivity index (χ1n) is 8.66. The summed E-state index contributed by atoms with van der Waals surface area (Å²) in [5, 5.41) is 8.81. The van der Waals surface area contributed by atoms with Crippen molar-refractivity contribution in [2.45, 2.75) is 46.2 Å². The van der Waals surface area contributed by atoms with Crippen LogP contribution in [0.5, 0.6) is 0 Å². The highest BCUT2D eigenvalue weighted by Gasteiger charge is 2.33. The summed E-state index contributed by atoms with van der Waals surface area (Å²) in [6, 6.07) is 4.04. The number of fused-ring (bicyclic) bond motifs is 1. The minimum atomic E-state index is 0.0275. The molecule has 3 aromatic rings. The Morgan fingerprint density at radius 3 is 2.92 bits per heavy atom. The number of aryl methyl sites for hydroxylation is 3. The highest BCUT2D eigenvalue weighted by Crippen LogP contribution is 2.25. The van der Waals surface area contributed by atoms with Crippen LogP contribution in [-0.4, -0.2) is 47.8 Å². The summed E-state index contributed by atoms with van der Waals surface area (Å²) in [7, 11) is 0. The number of likely N-dealkylation sites (tertiary alicyclic amines) is 1. The molecule has 0 spiro atoms. The van der Waals surface area contributed by atoms with Crippen molar-refractivity contribution in [1.82, 2.24) is 29.3 Å². The Kier molecular flexibility index (Phi) is 3.78. The van der Waals surface area contributed by atoms with E-state index in [0.717, 1.165) is 43.0 Å². The van der Waals surface area contributed by atoms with Gasteiger partial charge < -0.3 is 4.90 Å². The summed E-state index contributed by atoms with van der Waals surface area (Å²) in [4.78, 5) is 19.9. The number of carbonyl (C=O) groups is 1. The fourth-order valence-corrected chi connectivity index (χ4v) is 3.74. The number of amides is 1. The van der Waals surface area contributed by atoms with Crippen LogP contribution < -0.4 is 0 Å². The molecule has 1 aliphatic heterocycles. The Labute approximate surface area is 146 Å². The van der Waals surface area contributed by atoms with Crippen LogP contribution in [0.4, 0.5) is 0 Å². The van der Waals surface area contributed by atoms with E-state index in [9.17, 15) is 4.79 Å². The maximum absolute atomic E-state index is 13.3. The number of hydrogen-bond acceptors (Lipinski definition) is 4. The van der Waals surface area contributed by atoms with Crippen LogP contribution in [0.15, 0.2) is 24.5 Å². The predicted molar refractivity (Wildman–Crippen MR) is 93.5 cm³/mol. The zero-order valence-corrected chi connectivity index (χ0v) is 14.8. The normalized spacial score (nSPS) is 17.6. The maximum Gasteiger partial charge on any atom is 0.259 e. The molecule has 4 rings (SSSR count). The molecule has 1 aliphatic rings. The molecule has 0 radical (unpaired) electrons. The number of nitrogens with zero attached hydrogens (tertiary/aromatic N) is 6. The van der Waals surface area contributed by atoms with Gasteiger partial charge in [0.05, 0.1) is 18.3 Å². The monoisotopic (exact) mass is 338 g/mol. The number of rotatable bonds is 3. The van der Waals surface area contributed by atoms with Crippen LogP contribution in [0.3, 0.4) is 0 Å². The van der Waals surface area contributed by atoms with E-state index in [1.165, 1.54) is 0 Å². The zero-order valence-electron chi connectivity index (χ0n) is 14.8. The lowest BCUT2D eigenvalue weighted by atomic mass is 10.1. The van der Waals surface area contributed by atoms with E-state index in [2.05, 4.69) is 15.2 Å². The summed E-state index contributed by atoms with van der Waals surface area (Å²) in [6.07, 6.45) is 5.72. The van der Waals surface area contributed by atoms with E-state index in [-0.39, 0.29) is 11.9 Å². The van der Waals surface area contributed by atoms with Crippen LogP contribution >= 0.6 is 0 Å². The molecule has 130 valence electrons. The fourth-order valence-electron chi connectivity index (χ4n) is 3.74. The summed E-state index contributed by atoms with van der Waals surface area (Å²) in [5.74, 6) is 0.0275. The molecule has 1 atom stereocenters. The van der Waals surface area contributed by atoms with Crippen LogP contribution in [0.1, 0.15) is 40.3 Å². The van der Waals surface area contributed by atoms with Crippen molar-refractivity contribution in [1.29, 1.82) is 0 Å². The third-order valence-electron chi connectivity index (χ3n) is 4.88. The molecule has 1 amide bonds. The van der Waals surface area contributed by atoms with Gasteiger partial charge in [0.15, 0.2) is 5.65 Å². The fraction of sp³-hybridized carbons (Fsp3) is 0.444. The van der Waals surface area contributed by atoms with Gasteiger partial charge in [-0.15, -0.1) is 0 Å². The quantitative estimate of drug-likeness (QED) is 0.734. The van der Waals surface area contributed by atoms with Gasteiger partial charge in [0, 0.05) is 30.3 Å². The largest absolute Gasteiger partial charge is 0.334 e. The van der Waals surface area contributed by atoms with Gasteiger partial charge in [0.2, 0.25) is 0 Å². The van der Waals surface area contributed by atoms with E-state index < -0.39 is 0 Å². The first-order valence-corrected chi connectivity index (χ1v) is 8.66. The van der Waals surface area contributed by atoms with Gasteiger partial charge in [0.1, 0.15) is 5.56 Å². The van der Waals surface area contributed by atoms with Crippen LogP contribution in [0.2, 0.25) is 0 Å². The average molecular weight is 338 g/mol. The van der Waals surface area contributed by atoms with E-state index in [1.807, 2.05) is 48.7 Å². The van der Waals surface area contributed by atoms with E-state index >= 15 is 0 Å². The highest BCUT2D eigenvalue weighted by molar-refractivity contribution is 6.01. The lowest BCUT2D eigenvalue weighted by Crippen LogP contribution is -2.38. The van der Waals surface area contributed by atoms with Crippen molar-refractivity contribution in [3.05, 3.63) is 47.2 Å². The molecule has 7 heteroatoms. The second-order valence-electron chi connectivity index (χ2n) is 6.76. The minimum absolute atomic E-state index is 0.0275. The first kappa shape index (κ1) is 15.8. The Bertz CT molecular complexity index is 927. The van der Waals surface area contributed by atoms with Crippen molar-refractivity contribution < 1.29 is 4.79 Å². The van der Waals surface area contributed by atoms with Crippen LogP contribution in [0, 0.1) is 20.8 Å². The molecule has 0 bridgehead atoms. The number of hydrogen-bond donors (Lipinski definition) is 0. The van der Waals surface area contributed by atoms with Crippen molar-refractivity contribution in [2.24, 2.45) is 0 Å². The van der Waals surface area contributed by atoms with E-state index in [1.54, 1.807) is 10.7 Å². The number of carbonyl (C=O) groups excluding carboxylic acids is 1. The standard InChI is InChI=1S/C18H22N6O/c1-12-10-13(2)24-17(20-12)16(14(3)21-24)18(25)23-9-4-6-15(23)11-22-8-5-7-19-22/h5,7-8,10,15H,4,6,9,11H2,1-3H3/t15-/m0/s1. The minimum Gasteiger partial charge on any atom is -0.334 e. The molecule has 0 aromatic carbocycles. The third-order valence-corrected chi connectivity index (χ3v) is 4.88. The van der Waals surface area contributed by atoms with Gasteiger partial charge in [-0.05, 0) is 45.7 Å². The van der Waals surface area contributed by atoms with Gasteiger partial charge in [0.25, 0.3) is 5.91 Å². The second kappa shape index (κ2) is 5.98.